The molecule has 21 heavy (non-hydrogen) atoms. The molecule has 0 amide bonds. The fourth-order valence-corrected chi connectivity index (χ4v) is 1.66. The monoisotopic (exact) mass is 292 g/mol. The third kappa shape index (κ3) is 3.62. The first kappa shape index (κ1) is 14.6. The Morgan fingerprint density at radius 2 is 2.14 bits per heavy atom. The van der Waals surface area contributed by atoms with Gasteiger partial charge in [-0.3, -0.25) is 10.1 Å². The lowest BCUT2D eigenvalue weighted by atomic mass is 10.3. The van der Waals surface area contributed by atoms with Crippen LogP contribution in [0.1, 0.15) is 12.6 Å². The molecule has 0 aliphatic heterocycles. The minimum atomic E-state index is -0.645. The molecule has 8 heteroatoms. The largest absolute Gasteiger partial charge is 0.431 e. The van der Waals surface area contributed by atoms with Crippen molar-refractivity contribution in [1.82, 2.24) is 9.97 Å². The maximum absolute atomic E-state index is 13.2. The standard InChI is InChI=1S/C13H13FN4O3/c1-3-15-13-16-8(2)6-12(17-13)21-11-7-9(14)4-5-10(11)18(19)20/h4-7H,3H2,1-2H3,(H,15,16,17). The highest BCUT2D eigenvalue weighted by molar-refractivity contribution is 5.48. The van der Waals surface area contributed by atoms with E-state index < -0.39 is 10.7 Å². The molecule has 0 fully saturated rings. The highest BCUT2D eigenvalue weighted by Crippen LogP contribution is 2.31. The van der Waals surface area contributed by atoms with E-state index in [-0.39, 0.29) is 17.3 Å². The minimum Gasteiger partial charge on any atom is -0.431 e. The van der Waals surface area contributed by atoms with Gasteiger partial charge in [0.25, 0.3) is 0 Å². The molecule has 1 aromatic heterocycles. The summed E-state index contributed by atoms with van der Waals surface area (Å²) in [5, 5.41) is 13.8. The minimum absolute atomic E-state index is 0.104. The van der Waals surface area contributed by atoms with Gasteiger partial charge in [-0.15, -0.1) is 0 Å². The topological polar surface area (TPSA) is 90.2 Å². The van der Waals surface area contributed by atoms with Crippen molar-refractivity contribution in [2.75, 3.05) is 11.9 Å². The average Bonchev–Trinajstić information content (AvgIpc) is 2.38. The molecule has 0 unspecified atom stereocenters. The van der Waals surface area contributed by atoms with Crippen molar-refractivity contribution in [2.45, 2.75) is 13.8 Å². The van der Waals surface area contributed by atoms with E-state index in [0.29, 0.717) is 18.2 Å². The third-order valence-electron chi connectivity index (χ3n) is 2.50. The zero-order valence-electron chi connectivity index (χ0n) is 11.5. The summed E-state index contributed by atoms with van der Waals surface area (Å²) in [6.07, 6.45) is 0. The van der Waals surface area contributed by atoms with Crippen LogP contribution in [0.3, 0.4) is 0 Å². The predicted molar refractivity (Wildman–Crippen MR) is 74.1 cm³/mol. The van der Waals surface area contributed by atoms with Crippen LogP contribution in [0.5, 0.6) is 11.6 Å². The van der Waals surface area contributed by atoms with Crippen LogP contribution in [0.15, 0.2) is 24.3 Å². The molecule has 2 aromatic rings. The van der Waals surface area contributed by atoms with Crippen LogP contribution in [0.2, 0.25) is 0 Å². The van der Waals surface area contributed by atoms with Crippen LogP contribution in [-0.4, -0.2) is 21.4 Å². The summed E-state index contributed by atoms with van der Waals surface area (Å²) in [4.78, 5) is 18.5. The maximum atomic E-state index is 13.2. The van der Waals surface area contributed by atoms with Crippen molar-refractivity contribution in [2.24, 2.45) is 0 Å². The Balaban J connectivity index is 2.37. The number of nitrogens with zero attached hydrogens (tertiary/aromatic N) is 3. The number of rotatable bonds is 5. The molecule has 7 nitrogen and oxygen atoms in total. The van der Waals surface area contributed by atoms with Gasteiger partial charge in [-0.2, -0.15) is 4.98 Å². The highest BCUT2D eigenvalue weighted by atomic mass is 19.1. The van der Waals surface area contributed by atoms with Gasteiger partial charge in [0.05, 0.1) is 4.92 Å². The second-order valence-electron chi connectivity index (χ2n) is 4.17. The van der Waals surface area contributed by atoms with Gasteiger partial charge in [-0.1, -0.05) is 0 Å². The van der Waals surface area contributed by atoms with Crippen LogP contribution in [0.25, 0.3) is 0 Å². The molecule has 1 N–H and O–H groups in total. The molecule has 0 aliphatic carbocycles. The Kier molecular flexibility index (Phi) is 4.27. The van der Waals surface area contributed by atoms with Crippen LogP contribution >= 0.6 is 0 Å². The van der Waals surface area contributed by atoms with Gasteiger partial charge < -0.3 is 10.1 Å². The number of benzene rings is 1. The van der Waals surface area contributed by atoms with Crippen molar-refractivity contribution >= 4 is 11.6 Å². The van der Waals surface area contributed by atoms with E-state index in [1.54, 1.807) is 6.92 Å². The number of nitrogens with one attached hydrogen (secondary N) is 1. The molecule has 0 saturated heterocycles. The number of ether oxygens (including phenoxy) is 1. The molecule has 1 aromatic carbocycles. The van der Waals surface area contributed by atoms with Crippen molar-refractivity contribution in [3.63, 3.8) is 0 Å². The molecule has 2 rings (SSSR count). The quantitative estimate of drug-likeness (QED) is 0.672. The lowest BCUT2D eigenvalue weighted by molar-refractivity contribution is -0.385. The summed E-state index contributed by atoms with van der Waals surface area (Å²) in [7, 11) is 0. The lowest BCUT2D eigenvalue weighted by Gasteiger charge is -2.08. The molecular weight excluding hydrogens is 279 g/mol. The van der Waals surface area contributed by atoms with Crippen molar-refractivity contribution in [3.8, 4) is 11.6 Å². The number of aromatic nitrogens is 2. The van der Waals surface area contributed by atoms with Crippen molar-refractivity contribution in [1.29, 1.82) is 0 Å². The summed E-state index contributed by atoms with van der Waals surface area (Å²) in [6.45, 7) is 4.22. The van der Waals surface area contributed by atoms with E-state index in [0.717, 1.165) is 18.2 Å². The lowest BCUT2D eigenvalue weighted by Crippen LogP contribution is -2.04. The van der Waals surface area contributed by atoms with E-state index in [2.05, 4.69) is 15.3 Å². The van der Waals surface area contributed by atoms with E-state index in [4.69, 9.17) is 4.74 Å². The second kappa shape index (κ2) is 6.12. The summed E-state index contributed by atoms with van der Waals surface area (Å²) < 4.78 is 18.6. The summed E-state index contributed by atoms with van der Waals surface area (Å²) in [6, 6.07) is 4.50. The Hall–Kier alpha value is -2.77. The Labute approximate surface area is 120 Å². The van der Waals surface area contributed by atoms with Crippen LogP contribution in [0, 0.1) is 22.9 Å². The molecule has 1 heterocycles. The summed E-state index contributed by atoms with van der Waals surface area (Å²) in [5.41, 5.74) is 0.285. The van der Waals surface area contributed by atoms with E-state index >= 15 is 0 Å². The average molecular weight is 292 g/mol. The van der Waals surface area contributed by atoms with Crippen molar-refractivity contribution in [3.05, 3.63) is 45.9 Å². The van der Waals surface area contributed by atoms with Crippen molar-refractivity contribution < 1.29 is 14.1 Å². The van der Waals surface area contributed by atoms with E-state index in [1.165, 1.54) is 6.07 Å². The number of hydrogen-bond acceptors (Lipinski definition) is 6. The van der Waals surface area contributed by atoms with E-state index in [1.807, 2.05) is 6.92 Å². The molecule has 0 spiro atoms. The zero-order valence-corrected chi connectivity index (χ0v) is 11.5. The van der Waals surface area contributed by atoms with Crippen LogP contribution in [-0.2, 0) is 0 Å². The zero-order chi connectivity index (χ0) is 15.4. The van der Waals surface area contributed by atoms with Gasteiger partial charge in [0.2, 0.25) is 17.6 Å². The number of halogens is 1. The Morgan fingerprint density at radius 3 is 2.81 bits per heavy atom. The second-order valence-corrected chi connectivity index (χ2v) is 4.17. The van der Waals surface area contributed by atoms with Gasteiger partial charge in [0.15, 0.2) is 0 Å². The summed E-state index contributed by atoms with van der Waals surface area (Å²) in [5.74, 6) is -0.396. The molecule has 0 atom stereocenters. The fraction of sp³-hybridized carbons (Fsp3) is 0.231. The summed E-state index contributed by atoms with van der Waals surface area (Å²) >= 11 is 0. The Morgan fingerprint density at radius 1 is 1.38 bits per heavy atom. The van der Waals surface area contributed by atoms with E-state index in [9.17, 15) is 14.5 Å². The van der Waals surface area contributed by atoms with Gasteiger partial charge in [-0.25, -0.2) is 9.37 Å². The number of aryl methyl sites for hydroxylation is 1. The number of hydrogen-bond donors (Lipinski definition) is 1. The predicted octanol–water partition coefficient (Wildman–Crippen LogP) is 3.06. The highest BCUT2D eigenvalue weighted by Gasteiger charge is 2.17. The maximum Gasteiger partial charge on any atom is 0.311 e. The SMILES string of the molecule is CCNc1nc(C)cc(Oc2cc(F)ccc2[N+](=O)[O-])n1. The first-order valence-electron chi connectivity index (χ1n) is 6.21. The van der Waals surface area contributed by atoms with Crippen LogP contribution in [0.4, 0.5) is 16.0 Å². The molecular formula is C13H13FN4O3. The van der Waals surface area contributed by atoms with Gasteiger partial charge >= 0.3 is 5.69 Å². The third-order valence-corrected chi connectivity index (χ3v) is 2.50. The molecule has 0 radical (unpaired) electrons. The number of nitro groups is 1. The Bertz CT molecular complexity index is 678. The first-order valence-corrected chi connectivity index (χ1v) is 6.21. The number of nitro benzene ring substituents is 1. The smallest absolute Gasteiger partial charge is 0.311 e. The molecule has 0 aliphatic rings. The molecule has 0 bridgehead atoms. The van der Waals surface area contributed by atoms with Crippen LogP contribution < -0.4 is 10.1 Å². The fourth-order valence-electron chi connectivity index (χ4n) is 1.66. The van der Waals surface area contributed by atoms with Gasteiger partial charge in [0.1, 0.15) is 5.82 Å². The molecule has 0 saturated carbocycles. The van der Waals surface area contributed by atoms with Gasteiger partial charge in [-0.05, 0) is 19.9 Å². The number of anilines is 1. The molecule has 110 valence electrons. The normalized spacial score (nSPS) is 10.2. The van der Waals surface area contributed by atoms with Gasteiger partial charge in [0, 0.05) is 30.4 Å². The first-order chi connectivity index (χ1) is 9.99.